The van der Waals surface area contributed by atoms with Gasteiger partial charge in [0.15, 0.2) is 0 Å². The summed E-state index contributed by atoms with van der Waals surface area (Å²) in [6, 6.07) is 15.7. The number of hydrogen-bond acceptors (Lipinski definition) is 0. The molecule has 18 heavy (non-hydrogen) atoms. The molecule has 0 nitrogen and oxygen atoms in total. The molecule has 2 rings (SSSR count). The third-order valence-electron chi connectivity index (χ3n) is 4.00. The molecule has 0 atom stereocenters. The van der Waals surface area contributed by atoms with Gasteiger partial charge in [0, 0.05) is 5.41 Å². The first-order valence-electron chi connectivity index (χ1n) is 6.56. The first-order valence-corrected chi connectivity index (χ1v) is 6.56. The van der Waals surface area contributed by atoms with E-state index in [4.69, 9.17) is 0 Å². The quantitative estimate of drug-likeness (QED) is 0.695. The molecule has 0 aromatic heterocycles. The van der Waals surface area contributed by atoms with Crippen molar-refractivity contribution in [3.8, 4) is 0 Å². The summed E-state index contributed by atoms with van der Waals surface area (Å²) in [5.41, 5.74) is 6.86. The Hall–Kier alpha value is -1.56. The van der Waals surface area contributed by atoms with Gasteiger partial charge in [-0.2, -0.15) is 0 Å². The molecule has 0 radical (unpaired) electrons. The molecule has 0 aliphatic rings. The molecular formula is C18H22. The monoisotopic (exact) mass is 238 g/mol. The summed E-state index contributed by atoms with van der Waals surface area (Å²) < 4.78 is 0. The zero-order chi connectivity index (χ0) is 13.3. The van der Waals surface area contributed by atoms with Gasteiger partial charge in [0.25, 0.3) is 0 Å². The highest BCUT2D eigenvalue weighted by molar-refractivity contribution is 5.41. The van der Waals surface area contributed by atoms with Crippen LogP contribution in [0.5, 0.6) is 0 Å². The molecule has 0 heteroatoms. The van der Waals surface area contributed by atoms with Crippen molar-refractivity contribution < 1.29 is 0 Å². The van der Waals surface area contributed by atoms with E-state index in [0.717, 1.165) is 0 Å². The van der Waals surface area contributed by atoms with E-state index < -0.39 is 0 Å². The second-order valence-corrected chi connectivity index (χ2v) is 5.79. The van der Waals surface area contributed by atoms with Crippen LogP contribution in [-0.4, -0.2) is 0 Å². The number of rotatable bonds is 2. The molecule has 0 fully saturated rings. The fraction of sp³-hybridized carbons (Fsp3) is 0.333. The van der Waals surface area contributed by atoms with Crippen LogP contribution in [0.2, 0.25) is 0 Å². The van der Waals surface area contributed by atoms with Crippen molar-refractivity contribution in [2.75, 3.05) is 0 Å². The largest absolute Gasteiger partial charge is 0.0590 e. The van der Waals surface area contributed by atoms with E-state index in [-0.39, 0.29) is 5.41 Å². The predicted molar refractivity (Wildman–Crippen MR) is 79.2 cm³/mol. The van der Waals surface area contributed by atoms with E-state index in [1.807, 2.05) is 0 Å². The lowest BCUT2D eigenvalue weighted by atomic mass is 9.77. The number of benzene rings is 2. The van der Waals surface area contributed by atoms with Gasteiger partial charge in [-0.1, -0.05) is 61.9 Å². The van der Waals surface area contributed by atoms with Crippen molar-refractivity contribution in [2.24, 2.45) is 0 Å². The van der Waals surface area contributed by atoms with E-state index in [0.29, 0.717) is 0 Å². The SMILES string of the molecule is Cc1ccc(C(C)(C)c2ccc(C)c(C)c2)cc1. The summed E-state index contributed by atoms with van der Waals surface area (Å²) in [6.45, 7) is 11.1. The Morgan fingerprint density at radius 3 is 1.78 bits per heavy atom. The van der Waals surface area contributed by atoms with Gasteiger partial charge >= 0.3 is 0 Å². The second kappa shape index (κ2) is 4.61. The second-order valence-electron chi connectivity index (χ2n) is 5.79. The van der Waals surface area contributed by atoms with Gasteiger partial charge in [0.1, 0.15) is 0 Å². The summed E-state index contributed by atoms with van der Waals surface area (Å²) in [6.07, 6.45) is 0. The molecule has 0 unspecified atom stereocenters. The first kappa shape index (κ1) is 12.9. The molecule has 0 heterocycles. The molecule has 0 saturated heterocycles. The van der Waals surface area contributed by atoms with Gasteiger partial charge in [-0.15, -0.1) is 0 Å². The van der Waals surface area contributed by atoms with Crippen LogP contribution in [0, 0.1) is 20.8 Å². The fourth-order valence-electron chi connectivity index (χ4n) is 2.27. The van der Waals surface area contributed by atoms with Crippen molar-refractivity contribution in [2.45, 2.75) is 40.0 Å². The van der Waals surface area contributed by atoms with E-state index in [1.165, 1.54) is 27.8 Å². The van der Waals surface area contributed by atoms with Crippen LogP contribution in [0.1, 0.15) is 41.7 Å². The third-order valence-corrected chi connectivity index (χ3v) is 4.00. The fourth-order valence-corrected chi connectivity index (χ4v) is 2.27. The molecule has 0 N–H and O–H groups in total. The van der Waals surface area contributed by atoms with E-state index in [1.54, 1.807) is 0 Å². The summed E-state index contributed by atoms with van der Waals surface area (Å²) in [5, 5.41) is 0. The van der Waals surface area contributed by atoms with Gasteiger partial charge in [-0.3, -0.25) is 0 Å². The molecule has 0 aliphatic carbocycles. The highest BCUT2D eigenvalue weighted by Crippen LogP contribution is 2.32. The maximum absolute atomic E-state index is 2.31. The topological polar surface area (TPSA) is 0 Å². The van der Waals surface area contributed by atoms with Gasteiger partial charge in [0.2, 0.25) is 0 Å². The van der Waals surface area contributed by atoms with Crippen LogP contribution >= 0.6 is 0 Å². The molecule has 0 aliphatic heterocycles. The van der Waals surface area contributed by atoms with Crippen molar-refractivity contribution in [1.29, 1.82) is 0 Å². The first-order chi connectivity index (χ1) is 8.41. The Kier molecular flexibility index (Phi) is 3.30. The highest BCUT2D eigenvalue weighted by atomic mass is 14.3. The standard InChI is InChI=1S/C18H22/c1-13-6-9-16(10-7-13)18(4,5)17-11-8-14(2)15(3)12-17/h6-12H,1-5H3. The molecule has 2 aromatic carbocycles. The molecule has 0 amide bonds. The van der Waals surface area contributed by atoms with Gasteiger partial charge in [0.05, 0.1) is 0 Å². The molecular weight excluding hydrogens is 216 g/mol. The summed E-state index contributed by atoms with van der Waals surface area (Å²) in [5.74, 6) is 0. The number of aryl methyl sites for hydroxylation is 3. The summed E-state index contributed by atoms with van der Waals surface area (Å²) >= 11 is 0. The Bertz CT molecular complexity index is 545. The van der Waals surface area contributed by atoms with Crippen molar-refractivity contribution in [3.05, 3.63) is 70.3 Å². The molecule has 2 aromatic rings. The lowest BCUT2D eigenvalue weighted by Crippen LogP contribution is -2.19. The predicted octanol–water partition coefficient (Wildman–Crippen LogP) is 4.94. The third kappa shape index (κ3) is 2.33. The van der Waals surface area contributed by atoms with Crippen LogP contribution in [0.15, 0.2) is 42.5 Å². The Morgan fingerprint density at radius 1 is 0.667 bits per heavy atom. The van der Waals surface area contributed by atoms with Gasteiger partial charge in [-0.25, -0.2) is 0 Å². The van der Waals surface area contributed by atoms with Crippen LogP contribution in [0.25, 0.3) is 0 Å². The normalized spacial score (nSPS) is 11.6. The van der Waals surface area contributed by atoms with Gasteiger partial charge < -0.3 is 0 Å². The Morgan fingerprint density at radius 2 is 1.22 bits per heavy atom. The zero-order valence-corrected chi connectivity index (χ0v) is 12.0. The van der Waals surface area contributed by atoms with Gasteiger partial charge in [-0.05, 0) is 43.0 Å². The minimum atomic E-state index is 0.0617. The smallest absolute Gasteiger partial charge is 0.0146 e. The van der Waals surface area contributed by atoms with Crippen LogP contribution < -0.4 is 0 Å². The van der Waals surface area contributed by atoms with E-state index in [9.17, 15) is 0 Å². The van der Waals surface area contributed by atoms with Crippen molar-refractivity contribution in [1.82, 2.24) is 0 Å². The molecule has 0 bridgehead atoms. The summed E-state index contributed by atoms with van der Waals surface area (Å²) in [7, 11) is 0. The maximum atomic E-state index is 2.31. The lowest BCUT2D eigenvalue weighted by molar-refractivity contribution is 0.639. The highest BCUT2D eigenvalue weighted by Gasteiger charge is 2.23. The lowest BCUT2D eigenvalue weighted by Gasteiger charge is -2.27. The average Bonchev–Trinajstić information content (AvgIpc) is 2.33. The Labute approximate surface area is 111 Å². The van der Waals surface area contributed by atoms with E-state index >= 15 is 0 Å². The van der Waals surface area contributed by atoms with Crippen LogP contribution in [0.4, 0.5) is 0 Å². The van der Waals surface area contributed by atoms with Crippen molar-refractivity contribution in [3.63, 3.8) is 0 Å². The van der Waals surface area contributed by atoms with E-state index in [2.05, 4.69) is 77.1 Å². The minimum absolute atomic E-state index is 0.0617. The maximum Gasteiger partial charge on any atom is 0.0146 e. The molecule has 0 saturated carbocycles. The van der Waals surface area contributed by atoms with Crippen molar-refractivity contribution >= 4 is 0 Å². The number of hydrogen-bond donors (Lipinski definition) is 0. The minimum Gasteiger partial charge on any atom is -0.0590 e. The van der Waals surface area contributed by atoms with Crippen LogP contribution in [-0.2, 0) is 5.41 Å². The van der Waals surface area contributed by atoms with Crippen LogP contribution in [0.3, 0.4) is 0 Å². The molecule has 0 spiro atoms. The Balaban J connectivity index is 2.46. The summed E-state index contributed by atoms with van der Waals surface area (Å²) in [4.78, 5) is 0. The average molecular weight is 238 g/mol. The molecule has 94 valence electrons. The zero-order valence-electron chi connectivity index (χ0n) is 12.0.